The lowest BCUT2D eigenvalue weighted by Crippen LogP contribution is -2.40. The van der Waals surface area contributed by atoms with Gasteiger partial charge in [0.1, 0.15) is 5.82 Å². The normalized spacial score (nSPS) is 20.5. The molecular formula is C20H23N3O2. The van der Waals surface area contributed by atoms with Gasteiger partial charge in [0.05, 0.1) is 11.6 Å². The van der Waals surface area contributed by atoms with E-state index < -0.39 is 0 Å². The molecule has 0 saturated carbocycles. The number of fused-ring (bicyclic) bond motifs is 1. The molecule has 4 rings (SSSR count). The fourth-order valence-electron chi connectivity index (χ4n) is 4.24. The first-order chi connectivity index (χ1) is 12.1. The highest BCUT2D eigenvalue weighted by molar-refractivity contribution is 5.85. The first-order valence-electron chi connectivity index (χ1n) is 9.06. The van der Waals surface area contributed by atoms with Crippen molar-refractivity contribution >= 4 is 5.91 Å². The van der Waals surface area contributed by atoms with Crippen LogP contribution in [0.1, 0.15) is 53.7 Å². The molecule has 1 aliphatic carbocycles. The molecule has 1 aromatic carbocycles. The van der Waals surface area contributed by atoms with Gasteiger partial charge in [-0.2, -0.15) is 0 Å². The predicted octanol–water partition coefficient (Wildman–Crippen LogP) is 2.51. The topological polar surface area (TPSA) is 66.1 Å². The van der Waals surface area contributed by atoms with Crippen LogP contribution >= 0.6 is 0 Å². The molecule has 1 aliphatic heterocycles. The molecule has 0 spiro atoms. The highest BCUT2D eigenvalue weighted by Crippen LogP contribution is 2.35. The summed E-state index contributed by atoms with van der Waals surface area (Å²) in [4.78, 5) is 33.8. The van der Waals surface area contributed by atoms with Crippen LogP contribution < -0.4 is 5.56 Å². The Kier molecular flexibility index (Phi) is 4.15. The van der Waals surface area contributed by atoms with E-state index in [1.165, 1.54) is 11.1 Å². The van der Waals surface area contributed by atoms with Crippen molar-refractivity contribution in [2.45, 2.75) is 44.4 Å². The lowest BCUT2D eigenvalue weighted by atomic mass is 9.91. The zero-order valence-corrected chi connectivity index (χ0v) is 14.5. The summed E-state index contributed by atoms with van der Waals surface area (Å²) >= 11 is 0. The third kappa shape index (κ3) is 3.11. The predicted molar refractivity (Wildman–Crippen MR) is 95.7 cm³/mol. The van der Waals surface area contributed by atoms with Crippen LogP contribution in [0, 0.1) is 6.92 Å². The second-order valence-electron chi connectivity index (χ2n) is 7.15. The Morgan fingerprint density at radius 3 is 2.72 bits per heavy atom. The number of hydrogen-bond acceptors (Lipinski definition) is 3. The number of hydrogen-bond donors (Lipinski definition) is 1. The molecule has 1 N–H and O–H groups in total. The van der Waals surface area contributed by atoms with Crippen molar-refractivity contribution in [1.29, 1.82) is 0 Å². The Hall–Kier alpha value is -2.43. The van der Waals surface area contributed by atoms with E-state index in [1.807, 2.05) is 17.0 Å². The Balaban J connectivity index is 1.44. The first-order valence-corrected chi connectivity index (χ1v) is 9.06. The number of likely N-dealkylation sites (tertiary alicyclic amines) is 1. The summed E-state index contributed by atoms with van der Waals surface area (Å²) in [6.07, 6.45) is 3.66. The monoisotopic (exact) mass is 337 g/mol. The van der Waals surface area contributed by atoms with Crippen LogP contribution in [0.3, 0.4) is 0 Å². The molecule has 1 saturated heterocycles. The molecule has 5 nitrogen and oxygen atoms in total. The zero-order valence-electron chi connectivity index (χ0n) is 14.5. The number of aromatic amines is 1. The van der Waals surface area contributed by atoms with Crippen LogP contribution in [0.4, 0.5) is 0 Å². The van der Waals surface area contributed by atoms with Crippen LogP contribution in [0.5, 0.6) is 0 Å². The quantitative estimate of drug-likeness (QED) is 0.916. The smallest absolute Gasteiger partial charge is 0.251 e. The van der Waals surface area contributed by atoms with Crippen LogP contribution in [0.25, 0.3) is 0 Å². The zero-order chi connectivity index (χ0) is 17.4. The fraction of sp³-hybridized carbons (Fsp3) is 0.450. The molecule has 1 atom stereocenters. The van der Waals surface area contributed by atoms with E-state index in [1.54, 1.807) is 13.0 Å². The molecule has 1 amide bonds. The Bertz CT molecular complexity index is 850. The lowest BCUT2D eigenvalue weighted by molar-refractivity contribution is -0.133. The van der Waals surface area contributed by atoms with Crippen molar-refractivity contribution in [3.63, 3.8) is 0 Å². The third-order valence-electron chi connectivity index (χ3n) is 5.54. The minimum Gasteiger partial charge on any atom is -0.342 e. The van der Waals surface area contributed by atoms with E-state index >= 15 is 0 Å². The van der Waals surface area contributed by atoms with Gasteiger partial charge >= 0.3 is 0 Å². The largest absolute Gasteiger partial charge is 0.342 e. The SMILES string of the molecule is Cc1nc(C2CCN(C(=O)[C@@H]3CCc4ccccc43)CC2)cc(=O)[nH]1. The number of amides is 1. The third-order valence-corrected chi connectivity index (χ3v) is 5.54. The molecule has 1 aromatic heterocycles. The van der Waals surface area contributed by atoms with E-state index in [0.29, 0.717) is 5.82 Å². The van der Waals surface area contributed by atoms with Gasteiger partial charge in [-0.3, -0.25) is 9.59 Å². The molecule has 25 heavy (non-hydrogen) atoms. The van der Waals surface area contributed by atoms with Gasteiger partial charge in [-0.05, 0) is 43.7 Å². The van der Waals surface area contributed by atoms with Gasteiger partial charge in [-0.25, -0.2) is 4.98 Å². The number of rotatable bonds is 2. The molecular weight excluding hydrogens is 314 g/mol. The Morgan fingerprint density at radius 2 is 1.96 bits per heavy atom. The fourth-order valence-corrected chi connectivity index (χ4v) is 4.24. The number of benzene rings is 1. The lowest BCUT2D eigenvalue weighted by Gasteiger charge is -2.33. The number of nitrogens with zero attached hydrogens (tertiary/aromatic N) is 2. The van der Waals surface area contributed by atoms with Crippen molar-refractivity contribution in [2.24, 2.45) is 0 Å². The molecule has 0 bridgehead atoms. The maximum absolute atomic E-state index is 13.0. The summed E-state index contributed by atoms with van der Waals surface area (Å²) in [5.74, 6) is 1.20. The summed E-state index contributed by atoms with van der Waals surface area (Å²) in [5.41, 5.74) is 3.29. The molecule has 5 heteroatoms. The van der Waals surface area contributed by atoms with E-state index in [9.17, 15) is 9.59 Å². The molecule has 2 aromatic rings. The number of aromatic nitrogens is 2. The van der Waals surface area contributed by atoms with Crippen molar-refractivity contribution in [3.8, 4) is 0 Å². The van der Waals surface area contributed by atoms with Gasteiger partial charge in [-0.1, -0.05) is 24.3 Å². The van der Waals surface area contributed by atoms with Crippen LogP contribution in [0.2, 0.25) is 0 Å². The molecule has 130 valence electrons. The average molecular weight is 337 g/mol. The average Bonchev–Trinajstić information content (AvgIpc) is 3.04. The van der Waals surface area contributed by atoms with Crippen LogP contribution in [-0.2, 0) is 11.2 Å². The number of H-pyrrole nitrogens is 1. The Morgan fingerprint density at radius 1 is 1.20 bits per heavy atom. The summed E-state index contributed by atoms with van der Waals surface area (Å²) in [6, 6.07) is 9.91. The van der Waals surface area contributed by atoms with Gasteiger partial charge in [0.25, 0.3) is 5.56 Å². The van der Waals surface area contributed by atoms with Gasteiger partial charge in [-0.15, -0.1) is 0 Å². The maximum Gasteiger partial charge on any atom is 0.251 e. The van der Waals surface area contributed by atoms with Gasteiger partial charge in [0, 0.05) is 25.1 Å². The summed E-state index contributed by atoms with van der Waals surface area (Å²) in [7, 11) is 0. The van der Waals surface area contributed by atoms with Crippen LogP contribution in [0.15, 0.2) is 35.1 Å². The second-order valence-corrected chi connectivity index (χ2v) is 7.15. The van der Waals surface area contributed by atoms with Crippen molar-refractivity contribution in [3.05, 3.63) is 63.3 Å². The van der Waals surface area contributed by atoms with Gasteiger partial charge in [0.2, 0.25) is 5.91 Å². The highest BCUT2D eigenvalue weighted by atomic mass is 16.2. The molecule has 1 fully saturated rings. The van der Waals surface area contributed by atoms with Gasteiger partial charge < -0.3 is 9.88 Å². The van der Waals surface area contributed by atoms with Crippen molar-refractivity contribution in [1.82, 2.24) is 14.9 Å². The first kappa shape index (κ1) is 16.1. The Labute approximate surface area is 147 Å². The molecule has 2 aliphatic rings. The summed E-state index contributed by atoms with van der Waals surface area (Å²) < 4.78 is 0. The van der Waals surface area contributed by atoms with Crippen LogP contribution in [-0.4, -0.2) is 33.9 Å². The van der Waals surface area contributed by atoms with E-state index in [4.69, 9.17) is 0 Å². The second kappa shape index (κ2) is 6.47. The number of piperidine rings is 1. The number of carbonyl (C=O) groups is 1. The number of nitrogens with one attached hydrogen (secondary N) is 1. The summed E-state index contributed by atoms with van der Waals surface area (Å²) in [6.45, 7) is 3.30. The number of aryl methyl sites for hydroxylation is 2. The number of carbonyl (C=O) groups excluding carboxylic acids is 1. The summed E-state index contributed by atoms with van der Waals surface area (Å²) in [5, 5.41) is 0. The van der Waals surface area contributed by atoms with Crippen molar-refractivity contribution in [2.75, 3.05) is 13.1 Å². The standard InChI is InChI=1S/C20H23N3O2/c1-13-21-18(12-19(24)22-13)15-8-10-23(11-9-15)20(25)17-7-6-14-4-2-3-5-16(14)17/h2-5,12,15,17H,6-11H2,1H3,(H,21,22,24)/t17-/m1/s1. The maximum atomic E-state index is 13.0. The van der Waals surface area contributed by atoms with E-state index in [-0.39, 0.29) is 23.3 Å². The van der Waals surface area contributed by atoms with E-state index in [0.717, 1.165) is 44.5 Å². The van der Waals surface area contributed by atoms with Crippen molar-refractivity contribution < 1.29 is 4.79 Å². The molecule has 2 heterocycles. The van der Waals surface area contributed by atoms with E-state index in [2.05, 4.69) is 22.1 Å². The van der Waals surface area contributed by atoms with Gasteiger partial charge in [0.15, 0.2) is 0 Å². The highest BCUT2D eigenvalue weighted by Gasteiger charge is 2.33. The molecule has 0 unspecified atom stereocenters. The molecule has 0 radical (unpaired) electrons. The minimum atomic E-state index is -0.0939. The minimum absolute atomic E-state index is 0.0210.